The van der Waals surface area contributed by atoms with Crippen molar-refractivity contribution in [2.45, 2.75) is 17.7 Å². The lowest BCUT2D eigenvalue weighted by Crippen LogP contribution is -2.17. The minimum Gasteiger partial charge on any atom is -0.481 e. The first-order valence-corrected chi connectivity index (χ1v) is 6.11. The van der Waals surface area contributed by atoms with Crippen molar-refractivity contribution in [3.05, 3.63) is 29.3 Å². The highest BCUT2D eigenvalue weighted by Gasteiger charge is 2.50. The summed E-state index contributed by atoms with van der Waals surface area (Å²) >= 11 is 7.52. The summed E-state index contributed by atoms with van der Waals surface area (Å²) < 4.78 is 0. The van der Waals surface area contributed by atoms with E-state index in [1.165, 1.54) is 11.8 Å². The molecule has 1 aromatic rings. The van der Waals surface area contributed by atoms with Crippen molar-refractivity contribution in [3.63, 3.8) is 0 Å². The lowest BCUT2D eigenvalue weighted by Gasteiger charge is -2.09. The van der Waals surface area contributed by atoms with Gasteiger partial charge in [0, 0.05) is 10.6 Å². The highest BCUT2D eigenvalue weighted by Crippen LogP contribution is 2.49. The molecule has 0 aliphatic heterocycles. The number of aliphatic carboxylic acids is 1. The smallest absolute Gasteiger partial charge is 0.310 e. The van der Waals surface area contributed by atoms with Crippen LogP contribution >= 0.6 is 23.4 Å². The zero-order valence-electron chi connectivity index (χ0n) is 8.07. The summed E-state index contributed by atoms with van der Waals surface area (Å²) in [5.41, 5.74) is -0.482. The predicted molar refractivity (Wildman–Crippen MR) is 61.5 cm³/mol. The van der Waals surface area contributed by atoms with Gasteiger partial charge in [-0.1, -0.05) is 23.7 Å². The van der Waals surface area contributed by atoms with Gasteiger partial charge in [0.05, 0.1) is 10.4 Å². The normalized spacial score (nSPS) is 17.4. The number of hydrogen-bond donors (Lipinski definition) is 1. The second kappa shape index (κ2) is 4.06. The standard InChI is InChI=1S/C11H11ClO2S/c12-8-3-1-2-4-9(8)15-7-11(5-6-11)10(13)14/h1-4H,5-7H2,(H,13,14). The fourth-order valence-corrected chi connectivity index (χ4v) is 2.87. The van der Waals surface area contributed by atoms with Crippen LogP contribution in [0.1, 0.15) is 12.8 Å². The number of carbonyl (C=O) groups is 1. The molecule has 2 nitrogen and oxygen atoms in total. The maximum Gasteiger partial charge on any atom is 0.310 e. The molecular weight excluding hydrogens is 232 g/mol. The summed E-state index contributed by atoms with van der Waals surface area (Å²) in [5.74, 6) is -0.0615. The SMILES string of the molecule is O=C(O)C1(CSc2ccccc2Cl)CC1. The van der Waals surface area contributed by atoms with E-state index in [1.54, 1.807) is 0 Å². The first kappa shape index (κ1) is 10.8. The van der Waals surface area contributed by atoms with E-state index >= 15 is 0 Å². The van der Waals surface area contributed by atoms with Gasteiger partial charge in [-0.3, -0.25) is 4.79 Å². The molecule has 0 unspecified atom stereocenters. The molecule has 0 atom stereocenters. The number of hydrogen-bond acceptors (Lipinski definition) is 2. The van der Waals surface area contributed by atoms with Gasteiger partial charge in [0.15, 0.2) is 0 Å². The van der Waals surface area contributed by atoms with Crippen molar-refractivity contribution in [1.82, 2.24) is 0 Å². The van der Waals surface area contributed by atoms with Crippen LogP contribution in [0, 0.1) is 5.41 Å². The fraction of sp³-hybridized carbons (Fsp3) is 0.364. The lowest BCUT2D eigenvalue weighted by molar-refractivity contribution is -0.142. The van der Waals surface area contributed by atoms with Gasteiger partial charge in [0.2, 0.25) is 0 Å². The Hall–Kier alpha value is -0.670. The molecule has 1 fully saturated rings. The quantitative estimate of drug-likeness (QED) is 0.824. The van der Waals surface area contributed by atoms with Gasteiger partial charge in [0.1, 0.15) is 0 Å². The molecule has 1 aliphatic carbocycles. The molecule has 15 heavy (non-hydrogen) atoms. The molecule has 4 heteroatoms. The fourth-order valence-electron chi connectivity index (χ4n) is 1.35. The summed E-state index contributed by atoms with van der Waals surface area (Å²) in [6, 6.07) is 7.53. The van der Waals surface area contributed by atoms with Crippen LogP contribution in [0.5, 0.6) is 0 Å². The van der Waals surface area contributed by atoms with E-state index in [9.17, 15) is 4.79 Å². The molecule has 0 spiro atoms. The molecule has 0 bridgehead atoms. The largest absolute Gasteiger partial charge is 0.481 e. The first-order valence-electron chi connectivity index (χ1n) is 4.75. The van der Waals surface area contributed by atoms with E-state index in [0.717, 1.165) is 17.7 Å². The van der Waals surface area contributed by atoms with Crippen LogP contribution in [0.25, 0.3) is 0 Å². The van der Waals surface area contributed by atoms with E-state index in [0.29, 0.717) is 10.8 Å². The van der Waals surface area contributed by atoms with Crippen LogP contribution in [-0.2, 0) is 4.79 Å². The molecule has 1 N–H and O–H groups in total. The molecule has 2 rings (SSSR count). The Balaban J connectivity index is 2.00. The van der Waals surface area contributed by atoms with E-state index < -0.39 is 11.4 Å². The third-order valence-electron chi connectivity index (χ3n) is 2.65. The second-order valence-corrected chi connectivity index (χ2v) is 5.23. The van der Waals surface area contributed by atoms with Crippen LogP contribution < -0.4 is 0 Å². The average molecular weight is 243 g/mol. The van der Waals surface area contributed by atoms with Crippen LogP contribution in [0.2, 0.25) is 5.02 Å². The molecule has 0 saturated heterocycles. The van der Waals surface area contributed by atoms with Crippen molar-refractivity contribution in [1.29, 1.82) is 0 Å². The molecule has 0 aromatic heterocycles. The zero-order chi connectivity index (χ0) is 10.9. The van der Waals surface area contributed by atoms with Gasteiger partial charge < -0.3 is 5.11 Å². The van der Waals surface area contributed by atoms with Crippen molar-refractivity contribution >= 4 is 29.3 Å². The third kappa shape index (κ3) is 2.29. The first-order chi connectivity index (χ1) is 7.14. The van der Waals surface area contributed by atoms with E-state index in [4.69, 9.17) is 16.7 Å². The van der Waals surface area contributed by atoms with Gasteiger partial charge >= 0.3 is 5.97 Å². The second-order valence-electron chi connectivity index (χ2n) is 3.80. The Labute approximate surface area is 97.6 Å². The highest BCUT2D eigenvalue weighted by molar-refractivity contribution is 7.99. The van der Waals surface area contributed by atoms with Crippen LogP contribution in [0.15, 0.2) is 29.2 Å². The Morgan fingerprint density at radius 1 is 1.47 bits per heavy atom. The van der Waals surface area contributed by atoms with Gasteiger partial charge in [-0.25, -0.2) is 0 Å². The molecule has 1 aliphatic rings. The molecule has 1 saturated carbocycles. The summed E-state index contributed by atoms with van der Waals surface area (Å²) in [5, 5.41) is 9.70. The topological polar surface area (TPSA) is 37.3 Å². The maximum absolute atomic E-state index is 10.9. The van der Waals surface area contributed by atoms with Crippen LogP contribution in [-0.4, -0.2) is 16.8 Å². The number of carboxylic acids is 1. The molecule has 1 aromatic carbocycles. The monoisotopic (exact) mass is 242 g/mol. The van der Waals surface area contributed by atoms with Crippen LogP contribution in [0.4, 0.5) is 0 Å². The Morgan fingerprint density at radius 2 is 2.13 bits per heavy atom. The van der Waals surface area contributed by atoms with E-state index in [2.05, 4.69) is 0 Å². The molecule has 0 radical (unpaired) electrons. The zero-order valence-corrected chi connectivity index (χ0v) is 9.64. The van der Waals surface area contributed by atoms with Crippen molar-refractivity contribution in [2.75, 3.05) is 5.75 Å². The van der Waals surface area contributed by atoms with E-state index in [1.807, 2.05) is 24.3 Å². The summed E-state index contributed by atoms with van der Waals surface area (Å²) in [7, 11) is 0. The number of halogens is 1. The summed E-state index contributed by atoms with van der Waals surface area (Å²) in [6.07, 6.45) is 1.58. The lowest BCUT2D eigenvalue weighted by atomic mass is 10.1. The number of benzene rings is 1. The van der Waals surface area contributed by atoms with Crippen molar-refractivity contribution in [2.24, 2.45) is 5.41 Å². The van der Waals surface area contributed by atoms with E-state index in [-0.39, 0.29) is 0 Å². The average Bonchev–Trinajstić information content (AvgIpc) is 2.98. The number of carboxylic acid groups (broad SMARTS) is 1. The van der Waals surface area contributed by atoms with Crippen molar-refractivity contribution in [3.8, 4) is 0 Å². The Kier molecular flexibility index (Phi) is 2.94. The van der Waals surface area contributed by atoms with Gasteiger partial charge in [0.25, 0.3) is 0 Å². The Morgan fingerprint density at radius 3 is 2.67 bits per heavy atom. The maximum atomic E-state index is 10.9. The summed E-state index contributed by atoms with van der Waals surface area (Å²) in [4.78, 5) is 11.9. The molecule has 80 valence electrons. The van der Waals surface area contributed by atoms with Gasteiger partial charge in [-0.2, -0.15) is 0 Å². The van der Waals surface area contributed by atoms with Gasteiger partial charge in [-0.15, -0.1) is 11.8 Å². The van der Waals surface area contributed by atoms with Crippen LogP contribution in [0.3, 0.4) is 0 Å². The molecule has 0 amide bonds. The third-order valence-corrected chi connectivity index (χ3v) is 4.45. The minimum atomic E-state index is -0.679. The predicted octanol–water partition coefficient (Wildman–Crippen LogP) is 3.30. The Bertz CT molecular complexity index is 388. The number of thioether (sulfide) groups is 1. The van der Waals surface area contributed by atoms with Gasteiger partial charge in [-0.05, 0) is 25.0 Å². The highest BCUT2D eigenvalue weighted by atomic mass is 35.5. The minimum absolute atomic E-state index is 0.482. The number of rotatable bonds is 4. The molecular formula is C11H11ClO2S. The van der Waals surface area contributed by atoms with Crippen molar-refractivity contribution < 1.29 is 9.90 Å². The molecule has 0 heterocycles. The summed E-state index contributed by atoms with van der Waals surface area (Å²) in [6.45, 7) is 0.